The van der Waals surface area contributed by atoms with Gasteiger partial charge in [-0.1, -0.05) is 18.6 Å². The molecule has 1 aliphatic rings. The number of rotatable bonds is 3. The molecule has 1 aromatic rings. The highest BCUT2D eigenvalue weighted by molar-refractivity contribution is 5.50. The molecule has 17 heavy (non-hydrogen) atoms. The molecule has 1 unspecified atom stereocenters. The van der Waals surface area contributed by atoms with Crippen molar-refractivity contribution in [2.75, 3.05) is 13.7 Å². The highest BCUT2D eigenvalue weighted by Gasteiger charge is 2.17. The third kappa shape index (κ3) is 2.72. The normalized spacial score (nSPS) is 20.2. The van der Waals surface area contributed by atoms with Crippen molar-refractivity contribution in [3.63, 3.8) is 0 Å². The van der Waals surface area contributed by atoms with E-state index in [2.05, 4.69) is 5.32 Å². The summed E-state index contributed by atoms with van der Waals surface area (Å²) in [4.78, 5) is 0. The van der Waals surface area contributed by atoms with Gasteiger partial charge in [-0.05, 0) is 43.9 Å². The molecule has 1 aliphatic heterocycles. The number of nitrogens with one attached hydrogen (secondary N) is 1. The van der Waals surface area contributed by atoms with E-state index in [1.165, 1.54) is 19.3 Å². The Bertz CT molecular complexity index is 384. The Morgan fingerprint density at radius 3 is 2.88 bits per heavy atom. The van der Waals surface area contributed by atoms with E-state index < -0.39 is 0 Å². The van der Waals surface area contributed by atoms with Crippen LogP contribution in [-0.2, 0) is 6.42 Å². The molecule has 0 aliphatic carbocycles. The molecule has 1 saturated heterocycles. The fourth-order valence-electron chi connectivity index (χ4n) is 2.50. The van der Waals surface area contributed by atoms with Crippen LogP contribution in [0.3, 0.4) is 0 Å². The number of piperidine rings is 1. The Labute approximate surface area is 103 Å². The van der Waals surface area contributed by atoms with Crippen molar-refractivity contribution in [1.29, 1.82) is 0 Å². The van der Waals surface area contributed by atoms with Gasteiger partial charge >= 0.3 is 0 Å². The van der Waals surface area contributed by atoms with Gasteiger partial charge < -0.3 is 15.2 Å². The average Bonchev–Trinajstić information content (AvgIpc) is 2.35. The first-order chi connectivity index (χ1) is 8.22. The van der Waals surface area contributed by atoms with E-state index >= 15 is 0 Å². The maximum absolute atomic E-state index is 10.1. The number of phenols is 1. The molecule has 0 spiro atoms. The second kappa shape index (κ2) is 5.41. The quantitative estimate of drug-likeness (QED) is 0.845. The summed E-state index contributed by atoms with van der Waals surface area (Å²) < 4.78 is 5.24. The lowest BCUT2D eigenvalue weighted by Gasteiger charge is -2.24. The minimum atomic E-state index is 0.305. The van der Waals surface area contributed by atoms with E-state index in [9.17, 15) is 5.11 Å². The van der Waals surface area contributed by atoms with Crippen LogP contribution in [0.15, 0.2) is 12.1 Å². The first-order valence-corrected chi connectivity index (χ1v) is 6.31. The van der Waals surface area contributed by atoms with Crippen LogP contribution in [0.2, 0.25) is 0 Å². The zero-order chi connectivity index (χ0) is 12.3. The van der Waals surface area contributed by atoms with Crippen LogP contribution in [0.5, 0.6) is 11.5 Å². The van der Waals surface area contributed by atoms with Gasteiger partial charge in [0.15, 0.2) is 11.5 Å². The standard InChI is InChI=1S/C14H21NO2/c1-10-6-7-11(13(16)14(10)17-2)9-12-5-3-4-8-15-12/h6-7,12,15-16H,3-5,8-9H2,1-2H3. The van der Waals surface area contributed by atoms with E-state index in [0.29, 0.717) is 17.5 Å². The number of hydrogen-bond acceptors (Lipinski definition) is 3. The second-order valence-electron chi connectivity index (χ2n) is 4.77. The summed E-state index contributed by atoms with van der Waals surface area (Å²) in [6.45, 7) is 3.04. The van der Waals surface area contributed by atoms with Crippen molar-refractivity contribution in [1.82, 2.24) is 5.32 Å². The molecule has 0 aromatic heterocycles. The smallest absolute Gasteiger partial charge is 0.163 e. The molecule has 3 heteroatoms. The Kier molecular flexibility index (Phi) is 3.89. The van der Waals surface area contributed by atoms with Crippen molar-refractivity contribution in [2.24, 2.45) is 0 Å². The van der Waals surface area contributed by atoms with E-state index in [0.717, 1.165) is 24.1 Å². The molecular formula is C14H21NO2. The summed E-state index contributed by atoms with van der Waals surface area (Å²) in [5, 5.41) is 13.6. The average molecular weight is 235 g/mol. The van der Waals surface area contributed by atoms with Gasteiger partial charge in [0, 0.05) is 6.04 Å². The van der Waals surface area contributed by atoms with Crippen LogP contribution in [0.4, 0.5) is 0 Å². The molecule has 1 fully saturated rings. The number of hydrogen-bond donors (Lipinski definition) is 2. The van der Waals surface area contributed by atoms with Gasteiger partial charge in [-0.25, -0.2) is 0 Å². The topological polar surface area (TPSA) is 41.5 Å². The Morgan fingerprint density at radius 1 is 1.41 bits per heavy atom. The van der Waals surface area contributed by atoms with Crippen molar-refractivity contribution in [2.45, 2.75) is 38.6 Å². The number of ether oxygens (including phenoxy) is 1. The molecule has 1 heterocycles. The van der Waals surface area contributed by atoms with Crippen LogP contribution >= 0.6 is 0 Å². The molecule has 2 N–H and O–H groups in total. The Hall–Kier alpha value is -1.22. The Balaban J connectivity index is 2.15. The number of aryl methyl sites for hydroxylation is 1. The minimum absolute atomic E-state index is 0.305. The van der Waals surface area contributed by atoms with Crippen LogP contribution in [0.25, 0.3) is 0 Å². The summed E-state index contributed by atoms with van der Waals surface area (Å²) in [6, 6.07) is 4.50. The van der Waals surface area contributed by atoms with Gasteiger partial charge in [-0.3, -0.25) is 0 Å². The summed E-state index contributed by atoms with van der Waals surface area (Å²) in [6.07, 6.45) is 4.61. The molecule has 0 saturated carbocycles. The largest absolute Gasteiger partial charge is 0.504 e. The first-order valence-electron chi connectivity index (χ1n) is 6.31. The van der Waals surface area contributed by atoms with Crippen LogP contribution in [-0.4, -0.2) is 24.8 Å². The molecular weight excluding hydrogens is 214 g/mol. The van der Waals surface area contributed by atoms with E-state index in [4.69, 9.17) is 4.74 Å². The highest BCUT2D eigenvalue weighted by Crippen LogP contribution is 2.34. The first kappa shape index (κ1) is 12.2. The maximum Gasteiger partial charge on any atom is 0.163 e. The third-order valence-corrected chi connectivity index (χ3v) is 3.49. The summed E-state index contributed by atoms with van der Waals surface area (Å²) in [7, 11) is 1.60. The molecule has 1 aromatic carbocycles. The zero-order valence-corrected chi connectivity index (χ0v) is 10.6. The van der Waals surface area contributed by atoms with Crippen molar-refractivity contribution in [3.05, 3.63) is 23.3 Å². The van der Waals surface area contributed by atoms with E-state index in [1.807, 2.05) is 19.1 Å². The zero-order valence-electron chi connectivity index (χ0n) is 10.6. The van der Waals surface area contributed by atoms with Gasteiger partial charge in [0.1, 0.15) is 0 Å². The summed E-state index contributed by atoms with van der Waals surface area (Å²) in [5.74, 6) is 0.915. The van der Waals surface area contributed by atoms with Crippen LogP contribution in [0.1, 0.15) is 30.4 Å². The minimum Gasteiger partial charge on any atom is -0.504 e. The predicted molar refractivity (Wildman–Crippen MR) is 68.7 cm³/mol. The fraction of sp³-hybridized carbons (Fsp3) is 0.571. The lowest BCUT2D eigenvalue weighted by atomic mass is 9.96. The highest BCUT2D eigenvalue weighted by atomic mass is 16.5. The third-order valence-electron chi connectivity index (χ3n) is 3.49. The lowest BCUT2D eigenvalue weighted by molar-refractivity contribution is 0.360. The van der Waals surface area contributed by atoms with Crippen LogP contribution < -0.4 is 10.1 Å². The summed E-state index contributed by atoms with van der Waals surface area (Å²) in [5.41, 5.74) is 1.96. The molecule has 94 valence electrons. The number of aromatic hydroxyl groups is 1. The summed E-state index contributed by atoms with van der Waals surface area (Å²) >= 11 is 0. The number of phenolic OH excluding ortho intramolecular Hbond substituents is 1. The van der Waals surface area contributed by atoms with Crippen molar-refractivity contribution >= 4 is 0 Å². The maximum atomic E-state index is 10.1. The van der Waals surface area contributed by atoms with E-state index in [-0.39, 0.29) is 0 Å². The molecule has 2 rings (SSSR count). The fourth-order valence-corrected chi connectivity index (χ4v) is 2.50. The van der Waals surface area contributed by atoms with Gasteiger partial charge in [0.05, 0.1) is 7.11 Å². The second-order valence-corrected chi connectivity index (χ2v) is 4.77. The van der Waals surface area contributed by atoms with Gasteiger partial charge in [-0.15, -0.1) is 0 Å². The molecule has 0 bridgehead atoms. The van der Waals surface area contributed by atoms with Crippen molar-refractivity contribution in [3.8, 4) is 11.5 Å². The lowest BCUT2D eigenvalue weighted by Crippen LogP contribution is -2.35. The van der Waals surface area contributed by atoms with Crippen LogP contribution in [0, 0.1) is 6.92 Å². The SMILES string of the molecule is COc1c(C)ccc(CC2CCCCN2)c1O. The monoisotopic (exact) mass is 235 g/mol. The van der Waals surface area contributed by atoms with Gasteiger partial charge in [-0.2, -0.15) is 0 Å². The van der Waals surface area contributed by atoms with E-state index in [1.54, 1.807) is 7.11 Å². The Morgan fingerprint density at radius 2 is 2.24 bits per heavy atom. The molecule has 3 nitrogen and oxygen atoms in total. The van der Waals surface area contributed by atoms with Crippen molar-refractivity contribution < 1.29 is 9.84 Å². The predicted octanol–water partition coefficient (Wildman–Crippen LogP) is 2.39. The molecule has 0 radical (unpaired) electrons. The van der Waals surface area contributed by atoms with Gasteiger partial charge in [0.25, 0.3) is 0 Å². The van der Waals surface area contributed by atoms with Gasteiger partial charge in [0.2, 0.25) is 0 Å². The molecule has 0 amide bonds. The number of benzene rings is 1. The molecule has 1 atom stereocenters. The number of methoxy groups -OCH3 is 1.